The molecule has 6 nitrogen and oxygen atoms in total. The van der Waals surface area contributed by atoms with Gasteiger partial charge in [-0.1, -0.05) is 0 Å². The summed E-state index contributed by atoms with van der Waals surface area (Å²) in [6.45, 7) is 0. The van der Waals surface area contributed by atoms with Gasteiger partial charge in [-0.15, -0.1) is 0 Å². The molecule has 0 unspecified atom stereocenters. The van der Waals surface area contributed by atoms with Gasteiger partial charge in [-0.05, 0) is 12.8 Å². The van der Waals surface area contributed by atoms with Crippen molar-refractivity contribution in [3.05, 3.63) is 6.33 Å². The van der Waals surface area contributed by atoms with E-state index < -0.39 is 5.54 Å². The van der Waals surface area contributed by atoms with Crippen molar-refractivity contribution < 1.29 is 4.79 Å². The quantitative estimate of drug-likeness (QED) is 0.628. The molecule has 1 aromatic rings. The van der Waals surface area contributed by atoms with E-state index in [-0.39, 0.29) is 5.91 Å². The van der Waals surface area contributed by atoms with Crippen molar-refractivity contribution in [3.8, 4) is 0 Å². The van der Waals surface area contributed by atoms with Gasteiger partial charge >= 0.3 is 0 Å². The number of amides is 1. The Bertz CT molecular complexity index is 340. The van der Waals surface area contributed by atoms with Crippen LogP contribution in [0.1, 0.15) is 12.8 Å². The number of aryl methyl sites for hydroxylation is 1. The van der Waals surface area contributed by atoms with E-state index in [1.165, 1.54) is 11.0 Å². The summed E-state index contributed by atoms with van der Waals surface area (Å²) in [6, 6.07) is 0. The Hall–Kier alpha value is -1.43. The molecule has 0 aliphatic heterocycles. The van der Waals surface area contributed by atoms with Crippen LogP contribution in [0.5, 0.6) is 0 Å². The fraction of sp³-hybridized carbons (Fsp3) is 0.571. The van der Waals surface area contributed by atoms with E-state index >= 15 is 0 Å². The van der Waals surface area contributed by atoms with Gasteiger partial charge in [0.25, 0.3) is 0 Å². The average molecular weight is 181 g/mol. The Morgan fingerprint density at radius 3 is 2.92 bits per heavy atom. The van der Waals surface area contributed by atoms with Crippen LogP contribution in [0.25, 0.3) is 0 Å². The van der Waals surface area contributed by atoms with Crippen molar-refractivity contribution in [2.45, 2.75) is 18.4 Å². The first-order valence-corrected chi connectivity index (χ1v) is 4.06. The Balaban J connectivity index is 2.06. The smallest absolute Gasteiger partial charge is 0.246 e. The Morgan fingerprint density at radius 2 is 2.46 bits per heavy atom. The van der Waals surface area contributed by atoms with Crippen molar-refractivity contribution in [3.63, 3.8) is 0 Å². The molecule has 1 fully saturated rings. The molecule has 0 atom stereocenters. The van der Waals surface area contributed by atoms with E-state index in [1.807, 2.05) is 0 Å². The molecule has 1 heterocycles. The summed E-state index contributed by atoms with van der Waals surface area (Å²) in [5.41, 5.74) is 5.03. The maximum atomic E-state index is 11.4. The molecule has 70 valence electrons. The first-order chi connectivity index (χ1) is 6.12. The van der Waals surface area contributed by atoms with Gasteiger partial charge in [0.15, 0.2) is 0 Å². The van der Waals surface area contributed by atoms with E-state index in [0.717, 1.165) is 12.8 Å². The van der Waals surface area contributed by atoms with Crippen LogP contribution in [0, 0.1) is 0 Å². The molecule has 0 aromatic carbocycles. The van der Waals surface area contributed by atoms with Gasteiger partial charge in [0.05, 0.1) is 5.54 Å². The van der Waals surface area contributed by atoms with Crippen molar-refractivity contribution in [1.29, 1.82) is 0 Å². The number of nitrogens with one attached hydrogen (secondary N) is 1. The number of carbonyl (C=O) groups excluding carboxylic acids is 1. The summed E-state index contributed by atoms with van der Waals surface area (Å²) < 4.78 is 1.49. The number of anilines is 1. The number of carbonyl (C=O) groups is 1. The summed E-state index contributed by atoms with van der Waals surface area (Å²) in [7, 11) is 1.71. The Labute approximate surface area is 75.1 Å². The number of hydrogen-bond donors (Lipinski definition) is 2. The molecular formula is C7H11N5O. The second kappa shape index (κ2) is 2.53. The molecule has 6 heteroatoms. The lowest BCUT2D eigenvalue weighted by atomic mass is 10.3. The highest BCUT2D eigenvalue weighted by Crippen LogP contribution is 2.32. The van der Waals surface area contributed by atoms with Gasteiger partial charge in [-0.3, -0.25) is 10.1 Å². The third-order valence-electron chi connectivity index (χ3n) is 2.18. The lowest BCUT2D eigenvalue weighted by molar-refractivity contribution is -0.118. The minimum atomic E-state index is -0.661. The SMILES string of the molecule is Cn1ncnc1NC(=O)C1(N)CC1. The van der Waals surface area contributed by atoms with E-state index in [0.29, 0.717) is 5.95 Å². The predicted octanol–water partition coefficient (Wildman–Crippen LogP) is -0.755. The van der Waals surface area contributed by atoms with Crippen LogP contribution < -0.4 is 11.1 Å². The number of aromatic nitrogens is 3. The standard InChI is InChI=1S/C7H11N5O/c1-12-6(9-4-10-12)11-5(13)7(8)2-3-7/h4H,2-3,8H2,1H3,(H,9,10,11,13). The molecule has 0 bridgehead atoms. The lowest BCUT2D eigenvalue weighted by Crippen LogP contribution is -2.38. The Morgan fingerprint density at radius 1 is 1.77 bits per heavy atom. The number of hydrogen-bond acceptors (Lipinski definition) is 4. The molecule has 0 spiro atoms. The molecule has 0 radical (unpaired) electrons. The minimum absolute atomic E-state index is 0.177. The van der Waals surface area contributed by atoms with Crippen molar-refractivity contribution in [2.75, 3.05) is 5.32 Å². The topological polar surface area (TPSA) is 85.8 Å². The molecule has 13 heavy (non-hydrogen) atoms. The van der Waals surface area contributed by atoms with Crippen LogP contribution in [0.4, 0.5) is 5.95 Å². The van der Waals surface area contributed by atoms with Gasteiger partial charge in [-0.2, -0.15) is 10.1 Å². The lowest BCUT2D eigenvalue weighted by Gasteiger charge is -2.08. The van der Waals surface area contributed by atoms with Gasteiger partial charge in [0.2, 0.25) is 11.9 Å². The van der Waals surface area contributed by atoms with Crippen LogP contribution in [0.2, 0.25) is 0 Å². The first kappa shape index (κ1) is 8.18. The summed E-state index contributed by atoms with van der Waals surface area (Å²) >= 11 is 0. The third-order valence-corrected chi connectivity index (χ3v) is 2.18. The van der Waals surface area contributed by atoms with E-state index in [2.05, 4.69) is 15.4 Å². The van der Waals surface area contributed by atoms with Crippen LogP contribution in [0.3, 0.4) is 0 Å². The second-order valence-electron chi connectivity index (χ2n) is 3.32. The zero-order valence-electron chi connectivity index (χ0n) is 7.32. The van der Waals surface area contributed by atoms with Crippen molar-refractivity contribution in [2.24, 2.45) is 12.8 Å². The van der Waals surface area contributed by atoms with E-state index in [9.17, 15) is 4.79 Å². The minimum Gasteiger partial charge on any atom is -0.317 e. The number of rotatable bonds is 2. The molecule has 2 rings (SSSR count). The maximum Gasteiger partial charge on any atom is 0.246 e. The number of nitrogens with two attached hydrogens (primary N) is 1. The highest BCUT2D eigenvalue weighted by Gasteiger charge is 2.46. The molecular weight excluding hydrogens is 170 g/mol. The van der Waals surface area contributed by atoms with Crippen LogP contribution in [-0.2, 0) is 11.8 Å². The summed E-state index contributed by atoms with van der Waals surface area (Å²) in [5.74, 6) is 0.255. The zero-order chi connectivity index (χ0) is 9.47. The van der Waals surface area contributed by atoms with Gasteiger partial charge in [-0.25, -0.2) is 4.68 Å². The molecule has 1 aliphatic rings. The van der Waals surface area contributed by atoms with Gasteiger partial charge < -0.3 is 5.73 Å². The maximum absolute atomic E-state index is 11.4. The third kappa shape index (κ3) is 1.40. The fourth-order valence-corrected chi connectivity index (χ4v) is 0.997. The highest BCUT2D eigenvalue weighted by molar-refractivity contribution is 5.98. The molecule has 1 saturated carbocycles. The van der Waals surface area contributed by atoms with E-state index in [4.69, 9.17) is 5.73 Å². The van der Waals surface area contributed by atoms with Gasteiger partial charge in [0, 0.05) is 7.05 Å². The molecule has 1 aliphatic carbocycles. The van der Waals surface area contributed by atoms with Gasteiger partial charge in [0.1, 0.15) is 6.33 Å². The predicted molar refractivity (Wildman–Crippen MR) is 45.8 cm³/mol. The average Bonchev–Trinajstić information content (AvgIpc) is 2.72. The van der Waals surface area contributed by atoms with Crippen LogP contribution >= 0.6 is 0 Å². The largest absolute Gasteiger partial charge is 0.317 e. The molecule has 1 aromatic heterocycles. The highest BCUT2D eigenvalue weighted by atomic mass is 16.2. The van der Waals surface area contributed by atoms with Crippen molar-refractivity contribution in [1.82, 2.24) is 14.8 Å². The summed E-state index contributed by atoms with van der Waals surface area (Å²) in [6.07, 6.45) is 2.87. The molecule has 0 saturated heterocycles. The molecule has 3 N–H and O–H groups in total. The molecule has 1 amide bonds. The van der Waals surface area contributed by atoms with Crippen LogP contribution in [-0.4, -0.2) is 26.2 Å². The Kier molecular flexibility index (Phi) is 1.59. The summed E-state index contributed by atoms with van der Waals surface area (Å²) in [5, 5.41) is 6.44. The monoisotopic (exact) mass is 181 g/mol. The normalized spacial score (nSPS) is 18.3. The van der Waals surface area contributed by atoms with Crippen molar-refractivity contribution >= 4 is 11.9 Å². The zero-order valence-corrected chi connectivity index (χ0v) is 7.32. The fourth-order valence-electron chi connectivity index (χ4n) is 0.997. The first-order valence-electron chi connectivity index (χ1n) is 4.06. The second-order valence-corrected chi connectivity index (χ2v) is 3.32. The van der Waals surface area contributed by atoms with Crippen LogP contribution in [0.15, 0.2) is 6.33 Å². The van der Waals surface area contributed by atoms with E-state index in [1.54, 1.807) is 7.05 Å². The summed E-state index contributed by atoms with van der Waals surface area (Å²) in [4.78, 5) is 15.3. The number of nitrogens with zero attached hydrogens (tertiary/aromatic N) is 3.